The van der Waals surface area contributed by atoms with Crippen LogP contribution in [0.25, 0.3) is 4.85 Å². The van der Waals surface area contributed by atoms with E-state index in [4.69, 9.17) is 49.8 Å². The Morgan fingerprint density at radius 1 is 0.331 bits per heavy atom. The summed E-state index contributed by atoms with van der Waals surface area (Å²) in [6, 6.07) is 67.5. The zero-order valence-electron chi connectivity index (χ0n) is 92.0. The van der Waals surface area contributed by atoms with E-state index in [0.717, 1.165) is 90.9 Å². The van der Waals surface area contributed by atoms with Crippen molar-refractivity contribution in [2.45, 2.75) is 288 Å². The lowest BCUT2D eigenvalue weighted by molar-refractivity contribution is -0.445. The monoisotopic (exact) mass is 1990 g/mol. The normalized spacial score (nSPS) is 18.1. The average Bonchev–Trinajstić information content (AvgIpc) is 1.66. The van der Waals surface area contributed by atoms with E-state index in [9.17, 15) is 42.7 Å². The van der Waals surface area contributed by atoms with E-state index in [1.54, 1.807) is 62.7 Å². The molecular formula is C123H161FN2O19. The summed E-state index contributed by atoms with van der Waals surface area (Å²) >= 11 is 0. The summed E-state index contributed by atoms with van der Waals surface area (Å²) in [5, 5.41) is 8.81. The fraction of sp³-hybridized carbons (Fsp3) is 0.423. The van der Waals surface area contributed by atoms with Crippen molar-refractivity contribution in [3.63, 3.8) is 0 Å². The number of hydrogen-bond donors (Lipinski definition) is 0. The van der Waals surface area contributed by atoms with Crippen molar-refractivity contribution in [2.75, 3.05) is 42.6 Å². The number of esters is 8. The van der Waals surface area contributed by atoms with Crippen molar-refractivity contribution < 1.29 is 90.3 Å². The van der Waals surface area contributed by atoms with Gasteiger partial charge in [0.2, 0.25) is 7.05 Å². The molecule has 21 nitrogen and oxygen atoms in total. The fourth-order valence-corrected chi connectivity index (χ4v) is 17.4. The first-order valence-electron chi connectivity index (χ1n) is 48.5. The maximum absolute atomic E-state index is 11.7. The number of aryl methyl sites for hydroxylation is 1. The van der Waals surface area contributed by atoms with Crippen molar-refractivity contribution in [3.05, 3.63) is 390 Å². The lowest BCUT2D eigenvalue weighted by atomic mass is 9.87. The topological polar surface area (TPSA) is 267 Å². The van der Waals surface area contributed by atoms with E-state index in [0.29, 0.717) is 46.2 Å². The third-order valence-corrected chi connectivity index (χ3v) is 24.4. The van der Waals surface area contributed by atoms with Gasteiger partial charge in [-0.05, 0) is 205 Å². The second kappa shape index (κ2) is 59.0. The number of carbonyl (C=O) groups is 8. The van der Waals surface area contributed by atoms with E-state index in [-0.39, 0.29) is 128 Å². The first-order valence-corrected chi connectivity index (χ1v) is 48.5. The van der Waals surface area contributed by atoms with Crippen molar-refractivity contribution in [3.8, 4) is 0 Å². The summed E-state index contributed by atoms with van der Waals surface area (Å²) in [6.07, 6.45) is 5.08. The third-order valence-electron chi connectivity index (χ3n) is 24.4. The number of rotatable bonds is 14. The molecule has 7 unspecified atom stereocenters. The van der Waals surface area contributed by atoms with Gasteiger partial charge in [0, 0.05) is 75.9 Å². The van der Waals surface area contributed by atoms with Gasteiger partial charge in [0.25, 0.3) is 0 Å². The molecule has 0 aromatic heterocycles. The van der Waals surface area contributed by atoms with E-state index >= 15 is 0 Å². The Kier molecular flexibility index (Phi) is 51.9. The van der Waals surface area contributed by atoms with Crippen molar-refractivity contribution in [2.24, 2.45) is 10.8 Å². The van der Waals surface area contributed by atoms with E-state index in [2.05, 4.69) is 219 Å². The Balaban J connectivity index is 0.000000549. The van der Waals surface area contributed by atoms with Crippen LogP contribution in [-0.2, 0) is 121 Å². The van der Waals surface area contributed by atoms with Gasteiger partial charge in [-0.25, -0.2) is 40.1 Å². The Labute approximate surface area is 864 Å². The highest BCUT2D eigenvalue weighted by Crippen LogP contribution is 2.53. The molecule has 0 saturated carbocycles. The molecule has 22 heteroatoms. The van der Waals surface area contributed by atoms with Crippen LogP contribution in [0.15, 0.2) is 285 Å². The predicted octanol–water partition coefficient (Wildman–Crippen LogP) is 29.0. The van der Waals surface area contributed by atoms with Gasteiger partial charge in [0.1, 0.15) is 42.7 Å². The fourth-order valence-electron chi connectivity index (χ4n) is 17.4. The van der Waals surface area contributed by atoms with Crippen LogP contribution in [0.4, 0.5) is 4.39 Å². The second-order valence-corrected chi connectivity index (χ2v) is 41.0. The molecule has 0 amide bonds. The molecule has 7 aliphatic rings. The molecule has 0 bridgehead atoms. The highest BCUT2D eigenvalue weighted by molar-refractivity contribution is 5.90. The minimum Gasteiger partial charge on any atom is -0.469 e. The van der Waals surface area contributed by atoms with Gasteiger partial charge in [-0.15, -0.1) is 0 Å². The van der Waals surface area contributed by atoms with E-state index in [1.807, 2.05) is 159 Å². The minimum atomic E-state index is -0.500. The molecule has 7 atom stereocenters. The third kappa shape index (κ3) is 39.2. The molecular weight excluding hydrogens is 1830 g/mol. The minimum absolute atomic E-state index is 0.0468. The van der Waals surface area contributed by atoms with Gasteiger partial charge in [0.15, 0.2) is 7.05 Å². The zero-order valence-corrected chi connectivity index (χ0v) is 92.0. The molecule has 0 spiro atoms. The molecule has 0 saturated heterocycles. The zero-order chi connectivity index (χ0) is 111. The quantitative estimate of drug-likeness (QED) is 0.0244. The predicted molar refractivity (Wildman–Crippen MR) is 579 cm³/mol. The highest BCUT2D eigenvalue weighted by Gasteiger charge is 2.46. The molecule has 0 fully saturated rings. The van der Waals surface area contributed by atoms with Gasteiger partial charge in [-0.2, -0.15) is 0 Å². The highest BCUT2D eigenvalue weighted by atomic mass is 19.1. The maximum atomic E-state index is 11.7. The van der Waals surface area contributed by atoms with Crippen LogP contribution in [0.1, 0.15) is 324 Å². The summed E-state index contributed by atoms with van der Waals surface area (Å²) in [5.41, 5.74) is 21.6. The van der Waals surface area contributed by atoms with Gasteiger partial charge in [-0.3, -0.25) is 19.3 Å². The molecule has 0 N–H and O–H groups in total. The standard InChI is InChI=1S/7C15H18O2.C7H8.C3H6O2.C2H3N.C2H6O.C2H6.CH3F.CH3NO2/c5*1-10(2)14(16)17-13-9-15(3,4)12-8-6-5-7-11(12)13;2*1-10(2)14(16)17-13-12-8-6-5-7-11(12)9-15(13,3)4;1-7-5-3-2-4-6-7;1-3(4)5-2;2*1-3-2;2*1-2;1-2(3)4/h7*5-8,13H,1,9H2,2-4H3;2-6H,1H3;1-2H3;1H3;1-2H3;1-2H3;1H3;1H3. The maximum Gasteiger partial charge on any atom is 0.333 e. The summed E-state index contributed by atoms with van der Waals surface area (Å²) in [4.78, 5) is 102. The Morgan fingerprint density at radius 3 is 0.641 bits per heavy atom. The molecule has 8 aromatic rings. The van der Waals surface area contributed by atoms with Crippen LogP contribution in [0.2, 0.25) is 0 Å². The van der Waals surface area contributed by atoms with Crippen LogP contribution in [-0.4, -0.2) is 95.3 Å². The van der Waals surface area contributed by atoms with Crippen molar-refractivity contribution in [1.29, 1.82) is 0 Å². The summed E-state index contributed by atoms with van der Waals surface area (Å²) in [6.45, 7) is 80.7. The Bertz CT molecular complexity index is 5200. The lowest BCUT2D eigenvalue weighted by Crippen LogP contribution is -2.23. The van der Waals surface area contributed by atoms with Gasteiger partial charge >= 0.3 is 47.8 Å². The summed E-state index contributed by atoms with van der Waals surface area (Å²) in [7, 11) is 7.41. The number of benzene rings is 8. The molecule has 15 rings (SSSR count). The van der Waals surface area contributed by atoms with Crippen LogP contribution >= 0.6 is 0 Å². The molecule has 784 valence electrons. The SMILES string of the molecule is C=C(C)C(=O)OC1CC(C)(C)c2ccccc21.C=C(C)C(=O)OC1CC(C)(C)c2ccccc21.C=C(C)C(=O)OC1CC(C)(C)c2ccccc21.C=C(C)C(=O)OC1CC(C)(C)c2ccccc21.C=C(C)C(=O)OC1CC(C)(C)c2ccccc21.C=C(C)C(=O)OC1c2ccccc2CC1(C)C.C=C(C)C(=O)OC1c2ccccc2CC1(C)C.CC.CF.COC.COC(C)=O.C[N+](=O)[O-].Cc1ccccc1.[C-]#[N+]C. The molecule has 0 heterocycles. The number of carbonyl (C=O) groups excluding carboxylic acids is 8. The van der Waals surface area contributed by atoms with E-state index in [1.165, 1.54) is 65.6 Å². The molecule has 0 radical (unpaired) electrons. The van der Waals surface area contributed by atoms with E-state index < -0.39 is 4.92 Å². The molecule has 145 heavy (non-hydrogen) atoms. The van der Waals surface area contributed by atoms with Gasteiger partial charge in [0.05, 0.1) is 14.3 Å². The van der Waals surface area contributed by atoms with Crippen LogP contribution in [0.3, 0.4) is 0 Å². The molecule has 8 aromatic carbocycles. The number of alkyl halides is 1. The number of fused-ring (bicyclic) bond motifs is 7. The van der Waals surface area contributed by atoms with Gasteiger partial charge in [-0.1, -0.05) is 363 Å². The number of nitrogens with zero attached hydrogens (tertiary/aromatic N) is 2. The summed E-state index contributed by atoms with van der Waals surface area (Å²) < 4.78 is 56.5. The number of methoxy groups -OCH3 is 2. The number of ether oxygens (including phenoxy) is 9. The van der Waals surface area contributed by atoms with Crippen LogP contribution in [0, 0.1) is 34.4 Å². The summed E-state index contributed by atoms with van der Waals surface area (Å²) in [5.74, 6) is -2.37. The number of halogens is 1. The Hall–Kier alpha value is -13.5. The average molecular weight is 1990 g/mol. The number of hydrogen-bond acceptors (Lipinski definition) is 19. The van der Waals surface area contributed by atoms with Crippen molar-refractivity contribution in [1.82, 2.24) is 0 Å². The van der Waals surface area contributed by atoms with Crippen LogP contribution in [0.5, 0.6) is 0 Å². The van der Waals surface area contributed by atoms with Gasteiger partial charge < -0.3 is 47.5 Å². The molecule has 0 aliphatic heterocycles. The lowest BCUT2D eigenvalue weighted by Gasteiger charge is -2.27. The Morgan fingerprint density at radius 2 is 0.483 bits per heavy atom. The first-order chi connectivity index (χ1) is 67.6. The first kappa shape index (κ1) is 128. The second-order valence-electron chi connectivity index (χ2n) is 41.0. The number of nitro groups is 1. The van der Waals surface area contributed by atoms with Crippen molar-refractivity contribution >= 4 is 47.8 Å². The van der Waals surface area contributed by atoms with Crippen LogP contribution < -0.4 is 0 Å². The molecule has 7 aliphatic carbocycles. The largest absolute Gasteiger partial charge is 0.469 e. The smallest absolute Gasteiger partial charge is 0.333 e.